The van der Waals surface area contributed by atoms with Crippen molar-refractivity contribution in [2.75, 3.05) is 0 Å². The number of fused-ring (bicyclic) bond motifs is 2. The van der Waals surface area contributed by atoms with Crippen molar-refractivity contribution in [2.24, 2.45) is 0 Å². The average molecular weight is 368 g/mol. The number of hydrogen-bond acceptors (Lipinski definition) is 3. The average Bonchev–Trinajstić information content (AvgIpc) is 2.66. The van der Waals surface area contributed by atoms with E-state index in [1.807, 2.05) is 54.6 Å². The molecule has 0 aromatic heterocycles. The van der Waals surface area contributed by atoms with Gasteiger partial charge >= 0.3 is 0 Å². The highest BCUT2D eigenvalue weighted by Crippen LogP contribution is 2.44. The molecule has 0 aliphatic rings. The smallest absolute Gasteiger partial charge is 0.124 e. The van der Waals surface area contributed by atoms with Crippen LogP contribution >= 0.6 is 0 Å². The van der Waals surface area contributed by atoms with Crippen LogP contribution in [0, 0.1) is 11.8 Å². The number of phenolic OH excluding ortho intramolecular Hbond substituents is 2. The second-order valence-electron chi connectivity index (χ2n) is 7.39. The van der Waals surface area contributed by atoms with Crippen LogP contribution in [0.3, 0.4) is 0 Å². The molecule has 3 N–H and O–H groups in total. The minimum atomic E-state index is -1.07. The third-order valence-corrected chi connectivity index (χ3v) is 4.67. The molecule has 0 atom stereocenters. The zero-order valence-corrected chi connectivity index (χ0v) is 15.7. The van der Waals surface area contributed by atoms with Crippen LogP contribution in [0.4, 0.5) is 0 Å². The monoisotopic (exact) mass is 368 g/mol. The second-order valence-corrected chi connectivity index (χ2v) is 7.39. The predicted octanol–water partition coefficient (Wildman–Crippen LogP) is 5.19. The van der Waals surface area contributed by atoms with Gasteiger partial charge in [-0.15, -0.1) is 0 Å². The summed E-state index contributed by atoms with van der Waals surface area (Å²) in [5.74, 6) is 6.01. The van der Waals surface area contributed by atoms with Crippen molar-refractivity contribution < 1.29 is 15.3 Å². The molecule has 138 valence electrons. The highest BCUT2D eigenvalue weighted by molar-refractivity contribution is 6.09. The molecule has 0 spiro atoms. The van der Waals surface area contributed by atoms with Gasteiger partial charge in [0.2, 0.25) is 0 Å². The van der Waals surface area contributed by atoms with Crippen LogP contribution in [0.2, 0.25) is 0 Å². The molecular weight excluding hydrogens is 348 g/mol. The maximum atomic E-state index is 10.7. The van der Waals surface area contributed by atoms with E-state index >= 15 is 0 Å². The Bertz CT molecular complexity index is 1270. The standard InChI is InChI=1S/C25H20O3/c1-25(2,28)14-13-16-7-10-20-18(15-16)9-12-22(27)24(20)23-19-6-4-3-5-17(19)8-11-21(23)26/h3-12,15,26-28H,1-2H3. The summed E-state index contributed by atoms with van der Waals surface area (Å²) in [6.45, 7) is 3.28. The summed E-state index contributed by atoms with van der Waals surface area (Å²) in [7, 11) is 0. The molecule has 0 amide bonds. The van der Waals surface area contributed by atoms with Gasteiger partial charge in [-0.3, -0.25) is 0 Å². The Morgan fingerprint density at radius 1 is 0.714 bits per heavy atom. The first kappa shape index (κ1) is 17.9. The molecule has 0 bridgehead atoms. The summed E-state index contributed by atoms with van der Waals surface area (Å²) in [4.78, 5) is 0. The summed E-state index contributed by atoms with van der Waals surface area (Å²) in [5.41, 5.74) is 0.905. The van der Waals surface area contributed by atoms with Gasteiger partial charge in [0.15, 0.2) is 0 Å². The van der Waals surface area contributed by atoms with Crippen LogP contribution in [-0.4, -0.2) is 20.9 Å². The lowest BCUT2D eigenvalue weighted by atomic mass is 9.91. The van der Waals surface area contributed by atoms with Crippen molar-refractivity contribution in [3.63, 3.8) is 0 Å². The molecule has 4 aromatic rings. The highest BCUT2D eigenvalue weighted by Gasteiger charge is 2.16. The maximum absolute atomic E-state index is 10.7. The summed E-state index contributed by atoms with van der Waals surface area (Å²) in [6.07, 6.45) is 0. The van der Waals surface area contributed by atoms with Crippen molar-refractivity contribution >= 4 is 21.5 Å². The SMILES string of the molecule is CC(C)(O)C#Cc1ccc2c(-c3c(O)ccc4ccccc34)c(O)ccc2c1. The lowest BCUT2D eigenvalue weighted by molar-refractivity contribution is 0.143. The number of benzene rings is 4. The zero-order chi connectivity index (χ0) is 19.9. The van der Waals surface area contributed by atoms with Crippen LogP contribution < -0.4 is 0 Å². The third-order valence-electron chi connectivity index (χ3n) is 4.67. The topological polar surface area (TPSA) is 60.7 Å². The maximum Gasteiger partial charge on any atom is 0.124 e. The quantitative estimate of drug-likeness (QED) is 0.405. The molecule has 28 heavy (non-hydrogen) atoms. The first-order valence-electron chi connectivity index (χ1n) is 9.06. The summed E-state index contributed by atoms with van der Waals surface area (Å²) in [6, 6.07) is 20.4. The van der Waals surface area contributed by atoms with E-state index in [0.717, 1.165) is 27.1 Å². The lowest BCUT2D eigenvalue weighted by Crippen LogP contribution is -2.14. The van der Waals surface area contributed by atoms with Crippen molar-refractivity contribution in [1.82, 2.24) is 0 Å². The van der Waals surface area contributed by atoms with Gasteiger partial charge in [-0.2, -0.15) is 0 Å². The lowest BCUT2D eigenvalue weighted by Gasteiger charge is -2.14. The Kier molecular flexibility index (Phi) is 4.22. The Morgan fingerprint density at radius 3 is 2.00 bits per heavy atom. The fourth-order valence-corrected chi connectivity index (χ4v) is 3.41. The number of hydrogen-bond donors (Lipinski definition) is 3. The van der Waals surface area contributed by atoms with Crippen LogP contribution in [0.25, 0.3) is 32.7 Å². The number of aliphatic hydroxyl groups is 1. The fourth-order valence-electron chi connectivity index (χ4n) is 3.41. The second kappa shape index (κ2) is 6.60. The third kappa shape index (κ3) is 3.26. The van der Waals surface area contributed by atoms with E-state index in [2.05, 4.69) is 11.8 Å². The van der Waals surface area contributed by atoms with Gasteiger partial charge in [0.25, 0.3) is 0 Å². The van der Waals surface area contributed by atoms with Gasteiger partial charge in [0, 0.05) is 16.7 Å². The predicted molar refractivity (Wildman–Crippen MR) is 113 cm³/mol. The molecule has 0 heterocycles. The van der Waals surface area contributed by atoms with E-state index in [-0.39, 0.29) is 11.5 Å². The van der Waals surface area contributed by atoms with Gasteiger partial charge in [0.05, 0.1) is 0 Å². The van der Waals surface area contributed by atoms with E-state index < -0.39 is 5.60 Å². The minimum absolute atomic E-state index is 0.106. The van der Waals surface area contributed by atoms with Gasteiger partial charge in [0.1, 0.15) is 17.1 Å². The largest absolute Gasteiger partial charge is 0.507 e. The number of aromatic hydroxyl groups is 2. The molecule has 4 aromatic carbocycles. The zero-order valence-electron chi connectivity index (χ0n) is 15.7. The molecule has 0 unspecified atom stereocenters. The molecule has 0 fully saturated rings. The molecule has 4 rings (SSSR count). The molecule has 0 aliphatic heterocycles. The van der Waals surface area contributed by atoms with Crippen LogP contribution in [0.1, 0.15) is 19.4 Å². The van der Waals surface area contributed by atoms with E-state index in [4.69, 9.17) is 0 Å². The van der Waals surface area contributed by atoms with Gasteiger partial charge in [-0.1, -0.05) is 54.3 Å². The first-order chi connectivity index (χ1) is 13.3. The van der Waals surface area contributed by atoms with Gasteiger partial charge < -0.3 is 15.3 Å². The Morgan fingerprint density at radius 2 is 1.32 bits per heavy atom. The van der Waals surface area contributed by atoms with Gasteiger partial charge in [-0.05, 0) is 59.7 Å². The molecule has 0 saturated carbocycles. The van der Waals surface area contributed by atoms with E-state index in [9.17, 15) is 15.3 Å². The normalized spacial score (nSPS) is 11.4. The molecule has 3 nitrogen and oxygen atoms in total. The first-order valence-corrected chi connectivity index (χ1v) is 9.06. The number of rotatable bonds is 1. The molecule has 0 radical (unpaired) electrons. The van der Waals surface area contributed by atoms with Crippen molar-refractivity contribution in [3.05, 3.63) is 72.3 Å². The fraction of sp³-hybridized carbons (Fsp3) is 0.120. The minimum Gasteiger partial charge on any atom is -0.507 e. The van der Waals surface area contributed by atoms with E-state index in [1.54, 1.807) is 26.0 Å². The van der Waals surface area contributed by atoms with Crippen LogP contribution in [0.5, 0.6) is 11.5 Å². The molecule has 0 aliphatic carbocycles. The molecule has 0 saturated heterocycles. The van der Waals surface area contributed by atoms with Crippen LogP contribution in [-0.2, 0) is 0 Å². The molecule has 3 heteroatoms. The van der Waals surface area contributed by atoms with Gasteiger partial charge in [-0.25, -0.2) is 0 Å². The molecular formula is C25H20O3. The van der Waals surface area contributed by atoms with Crippen LogP contribution in [0.15, 0.2) is 66.7 Å². The van der Waals surface area contributed by atoms with E-state index in [1.165, 1.54) is 0 Å². The Labute approximate surface area is 163 Å². The highest BCUT2D eigenvalue weighted by atomic mass is 16.3. The van der Waals surface area contributed by atoms with Crippen molar-refractivity contribution in [2.45, 2.75) is 19.4 Å². The summed E-state index contributed by atoms with van der Waals surface area (Å²) < 4.78 is 0. The van der Waals surface area contributed by atoms with E-state index in [0.29, 0.717) is 11.1 Å². The van der Waals surface area contributed by atoms with Crippen molar-refractivity contribution in [1.29, 1.82) is 0 Å². The Balaban J connectivity index is 1.99. The summed E-state index contributed by atoms with van der Waals surface area (Å²) >= 11 is 0. The Hall–Kier alpha value is -3.48. The summed E-state index contributed by atoms with van der Waals surface area (Å²) in [5, 5.41) is 34.7. The number of phenols is 2. The van der Waals surface area contributed by atoms with Crippen molar-refractivity contribution in [3.8, 4) is 34.5 Å².